The number of likely N-dealkylation sites (N-methyl/N-ethyl adjacent to an activating group) is 2. The molecule has 0 amide bonds. The van der Waals surface area contributed by atoms with Crippen molar-refractivity contribution in [2.45, 2.75) is 84.0 Å². The highest BCUT2D eigenvalue weighted by atomic mass is 16.5. The second kappa shape index (κ2) is 12.5. The fourth-order valence-corrected chi connectivity index (χ4v) is 7.32. The number of aryl methyl sites for hydroxylation is 2. The summed E-state index contributed by atoms with van der Waals surface area (Å²) in [4.78, 5) is 4.88. The maximum Gasteiger partial charge on any atom is 0.119 e. The van der Waals surface area contributed by atoms with E-state index in [-0.39, 0.29) is 0 Å². The maximum absolute atomic E-state index is 5.55. The summed E-state index contributed by atoms with van der Waals surface area (Å²) >= 11 is 0. The summed E-state index contributed by atoms with van der Waals surface area (Å²) in [6.45, 7) is 6.64. The predicted molar refractivity (Wildman–Crippen MR) is 169 cm³/mol. The van der Waals surface area contributed by atoms with Gasteiger partial charge in [0.2, 0.25) is 0 Å². The summed E-state index contributed by atoms with van der Waals surface area (Å²) in [5.74, 6) is 1.92. The van der Waals surface area contributed by atoms with E-state index in [1.54, 1.807) is 25.6 Å². The van der Waals surface area contributed by atoms with E-state index in [4.69, 9.17) is 9.47 Å². The first-order valence-electron chi connectivity index (χ1n) is 15.8. The number of benzene rings is 2. The summed E-state index contributed by atoms with van der Waals surface area (Å²) in [5.41, 5.74) is 8.89. The van der Waals surface area contributed by atoms with Gasteiger partial charge in [0.15, 0.2) is 0 Å². The van der Waals surface area contributed by atoms with Crippen molar-refractivity contribution in [3.05, 3.63) is 58.9 Å². The van der Waals surface area contributed by atoms with Crippen molar-refractivity contribution in [1.29, 1.82) is 0 Å². The molecule has 0 radical (unpaired) electrons. The van der Waals surface area contributed by atoms with Gasteiger partial charge in [0.05, 0.1) is 14.2 Å². The first-order valence-corrected chi connectivity index (χ1v) is 15.8. The van der Waals surface area contributed by atoms with Crippen LogP contribution in [0.3, 0.4) is 0 Å². The van der Waals surface area contributed by atoms with Crippen LogP contribution in [0, 0.1) is 0 Å². The van der Waals surface area contributed by atoms with Crippen molar-refractivity contribution in [2.75, 3.05) is 41.4 Å². The Bertz CT molecular complexity index is 1390. The van der Waals surface area contributed by atoms with E-state index in [1.165, 1.54) is 77.9 Å². The molecule has 4 aromatic rings. The lowest BCUT2D eigenvalue weighted by atomic mass is 10.0. The molecule has 6 rings (SSSR count). The van der Waals surface area contributed by atoms with Crippen LogP contribution in [0.1, 0.15) is 67.5 Å². The summed E-state index contributed by atoms with van der Waals surface area (Å²) in [6.07, 6.45) is 11.5. The van der Waals surface area contributed by atoms with Gasteiger partial charge in [-0.25, -0.2) is 0 Å². The molecule has 2 aliphatic heterocycles. The van der Waals surface area contributed by atoms with Crippen molar-refractivity contribution >= 4 is 21.8 Å². The van der Waals surface area contributed by atoms with Gasteiger partial charge in [0.25, 0.3) is 0 Å². The fourth-order valence-electron chi connectivity index (χ4n) is 7.32. The second-order valence-corrected chi connectivity index (χ2v) is 12.4. The van der Waals surface area contributed by atoms with E-state index in [9.17, 15) is 0 Å². The summed E-state index contributed by atoms with van der Waals surface area (Å²) < 4.78 is 16.3. The quantitative estimate of drug-likeness (QED) is 0.176. The normalized spacial score (nSPS) is 15.9. The number of rotatable bonds is 12. The minimum atomic E-state index is 0.961. The van der Waals surface area contributed by atoms with Crippen molar-refractivity contribution < 1.29 is 9.47 Å². The van der Waals surface area contributed by atoms with E-state index in [0.717, 1.165) is 63.6 Å². The largest absolute Gasteiger partial charge is 0.497 e. The molecule has 0 spiro atoms. The monoisotopic (exact) mass is 556 g/mol. The highest BCUT2D eigenvalue weighted by molar-refractivity contribution is 5.88. The molecule has 2 aromatic carbocycles. The lowest BCUT2D eigenvalue weighted by Gasteiger charge is -2.24. The zero-order chi connectivity index (χ0) is 28.3. The molecular formula is C35H48N4O2. The Morgan fingerprint density at radius 1 is 0.585 bits per heavy atom. The Hall–Kier alpha value is -2.96. The topological polar surface area (TPSA) is 34.8 Å². The Morgan fingerprint density at radius 3 is 1.41 bits per heavy atom. The molecule has 0 fully saturated rings. The molecule has 0 saturated heterocycles. The minimum Gasteiger partial charge on any atom is -0.497 e. The molecule has 0 aliphatic carbocycles. The van der Waals surface area contributed by atoms with Crippen LogP contribution >= 0.6 is 0 Å². The van der Waals surface area contributed by atoms with Gasteiger partial charge >= 0.3 is 0 Å². The third kappa shape index (κ3) is 5.74. The van der Waals surface area contributed by atoms with Crippen molar-refractivity contribution in [1.82, 2.24) is 18.9 Å². The standard InChI is InChI=1S/C35H48N4O2/c1-36-20-16-34-30(24-36)28-22-26(40-3)12-14-32(28)38(34)18-10-8-6-5-7-9-11-19-39-33-15-13-27(41-4)23-29(33)31-25-37(2)21-17-35(31)39/h12-15,22-23H,5-11,16-21,24-25H2,1-4H3. The van der Waals surface area contributed by atoms with Crippen LogP contribution < -0.4 is 9.47 Å². The first kappa shape index (κ1) is 28.2. The van der Waals surface area contributed by atoms with Crippen LogP contribution in [0.2, 0.25) is 0 Å². The van der Waals surface area contributed by atoms with E-state index < -0.39 is 0 Å². The number of methoxy groups -OCH3 is 2. The highest BCUT2D eigenvalue weighted by Crippen LogP contribution is 2.35. The molecule has 41 heavy (non-hydrogen) atoms. The number of fused-ring (bicyclic) bond motifs is 6. The number of hydrogen-bond donors (Lipinski definition) is 0. The lowest BCUT2D eigenvalue weighted by Crippen LogP contribution is -2.27. The first-order chi connectivity index (χ1) is 20.1. The SMILES string of the molecule is COc1ccc2c(c1)c1c(n2CCCCCCCCCn2c3c(c4cc(OC)ccc42)CN(C)CC3)CCN(C)C1. The maximum atomic E-state index is 5.55. The molecule has 6 heteroatoms. The van der Waals surface area contributed by atoms with E-state index in [1.807, 2.05) is 0 Å². The molecule has 2 aliphatic rings. The van der Waals surface area contributed by atoms with Crippen LogP contribution in [0.4, 0.5) is 0 Å². The van der Waals surface area contributed by atoms with E-state index >= 15 is 0 Å². The molecule has 2 aromatic heterocycles. The molecule has 0 N–H and O–H groups in total. The molecular weight excluding hydrogens is 508 g/mol. The van der Waals surface area contributed by atoms with Crippen molar-refractivity contribution in [2.24, 2.45) is 0 Å². The number of aromatic nitrogens is 2. The van der Waals surface area contributed by atoms with Gasteiger partial charge in [-0.2, -0.15) is 0 Å². The Labute approximate surface area is 245 Å². The average Bonchev–Trinajstić information content (AvgIpc) is 3.46. The van der Waals surface area contributed by atoms with Gasteiger partial charge in [0, 0.05) is 85.3 Å². The molecule has 0 saturated carbocycles. The van der Waals surface area contributed by atoms with Gasteiger partial charge in [-0.15, -0.1) is 0 Å². The number of nitrogens with zero attached hydrogens (tertiary/aromatic N) is 4. The smallest absolute Gasteiger partial charge is 0.119 e. The molecule has 4 heterocycles. The number of hydrogen-bond acceptors (Lipinski definition) is 4. The van der Waals surface area contributed by atoms with Crippen LogP contribution in [-0.4, -0.2) is 60.3 Å². The van der Waals surface area contributed by atoms with Gasteiger partial charge in [0.1, 0.15) is 11.5 Å². The van der Waals surface area contributed by atoms with Crippen molar-refractivity contribution in [3.63, 3.8) is 0 Å². The Balaban J connectivity index is 0.987. The molecule has 0 atom stereocenters. The average molecular weight is 557 g/mol. The number of unbranched alkanes of at least 4 members (excludes halogenated alkanes) is 6. The van der Waals surface area contributed by atoms with Gasteiger partial charge in [-0.1, -0.05) is 32.1 Å². The minimum absolute atomic E-state index is 0.961. The summed E-state index contributed by atoms with van der Waals surface area (Å²) in [5, 5.41) is 2.77. The zero-order valence-corrected chi connectivity index (χ0v) is 25.7. The predicted octanol–water partition coefficient (Wildman–Crippen LogP) is 7.02. The summed E-state index contributed by atoms with van der Waals surface area (Å²) in [7, 11) is 8.00. The van der Waals surface area contributed by atoms with Gasteiger partial charge in [-0.05, 0) is 74.5 Å². The van der Waals surface area contributed by atoms with Crippen LogP contribution in [0.5, 0.6) is 11.5 Å². The molecule has 0 unspecified atom stereocenters. The lowest BCUT2D eigenvalue weighted by molar-refractivity contribution is 0.308. The van der Waals surface area contributed by atoms with Crippen LogP contribution in [0.15, 0.2) is 36.4 Å². The molecule has 0 bridgehead atoms. The molecule has 6 nitrogen and oxygen atoms in total. The van der Waals surface area contributed by atoms with E-state index in [2.05, 4.69) is 69.4 Å². The van der Waals surface area contributed by atoms with E-state index in [0.29, 0.717) is 0 Å². The third-order valence-electron chi connectivity index (χ3n) is 9.57. The fraction of sp³-hybridized carbons (Fsp3) is 0.543. The van der Waals surface area contributed by atoms with Crippen LogP contribution in [0.25, 0.3) is 21.8 Å². The number of ether oxygens (including phenoxy) is 2. The third-order valence-corrected chi connectivity index (χ3v) is 9.57. The second-order valence-electron chi connectivity index (χ2n) is 12.4. The van der Waals surface area contributed by atoms with Gasteiger partial charge in [-0.3, -0.25) is 0 Å². The Morgan fingerprint density at radius 2 is 1.00 bits per heavy atom. The Kier molecular flexibility index (Phi) is 8.59. The molecule has 220 valence electrons. The zero-order valence-electron chi connectivity index (χ0n) is 25.7. The van der Waals surface area contributed by atoms with Crippen molar-refractivity contribution in [3.8, 4) is 11.5 Å². The highest BCUT2D eigenvalue weighted by Gasteiger charge is 2.24. The van der Waals surface area contributed by atoms with Crippen LogP contribution in [-0.2, 0) is 39.0 Å². The summed E-state index contributed by atoms with van der Waals surface area (Å²) in [6, 6.07) is 13.3. The van der Waals surface area contributed by atoms with Gasteiger partial charge < -0.3 is 28.4 Å².